The molecule has 0 spiro atoms. The van der Waals surface area contributed by atoms with Crippen molar-refractivity contribution < 1.29 is 19.4 Å². The van der Waals surface area contributed by atoms with Crippen molar-refractivity contribution in [2.24, 2.45) is 0 Å². The van der Waals surface area contributed by atoms with Crippen molar-refractivity contribution in [1.29, 1.82) is 0 Å². The maximum Gasteiger partial charge on any atom is 0.308 e. The van der Waals surface area contributed by atoms with Gasteiger partial charge in [0.15, 0.2) is 0 Å². The summed E-state index contributed by atoms with van der Waals surface area (Å²) in [6.07, 6.45) is 2.79. The molecule has 1 atom stereocenters. The van der Waals surface area contributed by atoms with Gasteiger partial charge in [-0.05, 0) is 24.0 Å². The number of rotatable bonds is 7. The number of unbranched alkanes of at least 4 members (excludes halogenated alkanes) is 1. The van der Waals surface area contributed by atoms with E-state index in [1.54, 1.807) is 12.1 Å². The molecule has 1 N–H and O–H groups in total. The smallest absolute Gasteiger partial charge is 0.308 e. The van der Waals surface area contributed by atoms with Gasteiger partial charge in [0.25, 0.3) is 0 Å². The zero-order valence-corrected chi connectivity index (χ0v) is 11.4. The zero-order valence-electron chi connectivity index (χ0n) is 11.4. The van der Waals surface area contributed by atoms with E-state index in [-0.39, 0.29) is 12.3 Å². The molecule has 1 aromatic carbocycles. The van der Waals surface area contributed by atoms with Crippen molar-refractivity contribution in [3.05, 3.63) is 29.8 Å². The molecule has 0 aliphatic rings. The fourth-order valence-electron chi connectivity index (χ4n) is 2.09. The molecule has 0 aromatic heterocycles. The van der Waals surface area contributed by atoms with E-state index >= 15 is 0 Å². The fraction of sp³-hybridized carbons (Fsp3) is 0.467. The van der Waals surface area contributed by atoms with Gasteiger partial charge in [0.2, 0.25) is 0 Å². The van der Waals surface area contributed by atoms with E-state index in [4.69, 9.17) is 9.84 Å². The monoisotopic (exact) mass is 264 g/mol. The highest BCUT2D eigenvalue weighted by Crippen LogP contribution is 2.32. The Kier molecular flexibility index (Phi) is 6.06. The molecule has 0 heterocycles. The minimum atomic E-state index is -0.835. The lowest BCUT2D eigenvalue weighted by molar-refractivity contribution is -0.137. The lowest BCUT2D eigenvalue weighted by Crippen LogP contribution is -2.10. The maximum absolute atomic E-state index is 11.1. The van der Waals surface area contributed by atoms with Crippen LogP contribution >= 0.6 is 0 Å². The molecular weight excluding hydrogens is 244 g/mol. The molecule has 4 heteroatoms. The number of carboxylic acids is 1. The first-order chi connectivity index (χ1) is 9.04. The average Bonchev–Trinajstić information content (AvgIpc) is 2.34. The van der Waals surface area contributed by atoms with Crippen LogP contribution in [0.15, 0.2) is 24.3 Å². The Morgan fingerprint density at radius 3 is 2.58 bits per heavy atom. The molecule has 1 rings (SSSR count). The van der Waals surface area contributed by atoms with Crippen molar-refractivity contribution in [2.75, 3.05) is 0 Å². The number of para-hydroxylation sites is 1. The number of carbonyl (C=O) groups is 2. The second kappa shape index (κ2) is 7.56. The summed E-state index contributed by atoms with van der Waals surface area (Å²) in [4.78, 5) is 22.1. The SMILES string of the molecule is CCCCC(CC(=O)O)c1ccccc1OC(C)=O. The van der Waals surface area contributed by atoms with Crippen molar-refractivity contribution in [3.63, 3.8) is 0 Å². The van der Waals surface area contributed by atoms with Gasteiger partial charge in [0.1, 0.15) is 5.75 Å². The number of hydrogen-bond donors (Lipinski definition) is 1. The Morgan fingerprint density at radius 2 is 2.00 bits per heavy atom. The summed E-state index contributed by atoms with van der Waals surface area (Å²) in [5, 5.41) is 9.01. The van der Waals surface area contributed by atoms with Gasteiger partial charge in [-0.3, -0.25) is 9.59 Å². The van der Waals surface area contributed by atoms with E-state index in [2.05, 4.69) is 6.92 Å². The van der Waals surface area contributed by atoms with Gasteiger partial charge in [0, 0.05) is 6.92 Å². The van der Waals surface area contributed by atoms with Crippen molar-refractivity contribution in [2.45, 2.75) is 45.4 Å². The van der Waals surface area contributed by atoms with Crippen LogP contribution < -0.4 is 4.74 Å². The van der Waals surface area contributed by atoms with Gasteiger partial charge in [-0.2, -0.15) is 0 Å². The van der Waals surface area contributed by atoms with Crippen LogP contribution in [0, 0.1) is 0 Å². The largest absolute Gasteiger partial charge is 0.481 e. The molecule has 0 fully saturated rings. The molecule has 0 aliphatic carbocycles. The van der Waals surface area contributed by atoms with Crippen LogP contribution in [0.2, 0.25) is 0 Å². The summed E-state index contributed by atoms with van der Waals surface area (Å²) in [7, 11) is 0. The lowest BCUT2D eigenvalue weighted by atomic mass is 9.90. The first kappa shape index (κ1) is 15.2. The molecule has 4 nitrogen and oxygen atoms in total. The van der Waals surface area contributed by atoms with Crippen molar-refractivity contribution in [3.8, 4) is 5.75 Å². The van der Waals surface area contributed by atoms with Crippen LogP contribution in [-0.2, 0) is 9.59 Å². The Labute approximate surface area is 113 Å². The van der Waals surface area contributed by atoms with Crippen LogP contribution in [0.1, 0.15) is 51.0 Å². The molecule has 0 bridgehead atoms. The van der Waals surface area contributed by atoms with Crippen molar-refractivity contribution >= 4 is 11.9 Å². The van der Waals surface area contributed by atoms with Crippen LogP contribution in [-0.4, -0.2) is 17.0 Å². The molecule has 19 heavy (non-hydrogen) atoms. The predicted octanol–water partition coefficient (Wildman–Crippen LogP) is 3.36. The van der Waals surface area contributed by atoms with Gasteiger partial charge >= 0.3 is 11.9 Å². The highest BCUT2D eigenvalue weighted by Gasteiger charge is 2.19. The zero-order chi connectivity index (χ0) is 14.3. The van der Waals surface area contributed by atoms with E-state index in [0.29, 0.717) is 5.75 Å². The van der Waals surface area contributed by atoms with Crippen LogP contribution in [0.3, 0.4) is 0 Å². The minimum Gasteiger partial charge on any atom is -0.481 e. The van der Waals surface area contributed by atoms with Gasteiger partial charge in [0.05, 0.1) is 6.42 Å². The van der Waals surface area contributed by atoms with Gasteiger partial charge < -0.3 is 9.84 Å². The lowest BCUT2D eigenvalue weighted by Gasteiger charge is -2.18. The Morgan fingerprint density at radius 1 is 1.32 bits per heavy atom. The Bertz CT molecular complexity index is 440. The highest BCUT2D eigenvalue weighted by molar-refractivity contribution is 5.71. The standard InChI is InChI=1S/C15H20O4/c1-3-4-7-12(10-15(17)18)13-8-5-6-9-14(13)19-11(2)16/h5-6,8-9,12H,3-4,7,10H2,1-2H3,(H,17,18). The fourth-order valence-corrected chi connectivity index (χ4v) is 2.09. The van der Waals surface area contributed by atoms with E-state index in [1.807, 2.05) is 12.1 Å². The summed E-state index contributed by atoms with van der Waals surface area (Å²) < 4.78 is 5.16. The quantitative estimate of drug-likeness (QED) is 0.606. The van der Waals surface area contributed by atoms with E-state index < -0.39 is 11.9 Å². The van der Waals surface area contributed by atoms with E-state index in [9.17, 15) is 9.59 Å². The normalized spacial score (nSPS) is 11.9. The molecule has 0 aliphatic heterocycles. The number of carbonyl (C=O) groups excluding carboxylic acids is 1. The van der Waals surface area contributed by atoms with E-state index in [0.717, 1.165) is 24.8 Å². The van der Waals surface area contributed by atoms with E-state index in [1.165, 1.54) is 6.92 Å². The minimum absolute atomic E-state index is 0.0538. The number of benzene rings is 1. The second-order valence-corrected chi connectivity index (χ2v) is 4.57. The van der Waals surface area contributed by atoms with Crippen LogP contribution in [0.5, 0.6) is 5.75 Å². The molecule has 1 aromatic rings. The molecule has 0 saturated heterocycles. The molecular formula is C15H20O4. The van der Waals surface area contributed by atoms with Gasteiger partial charge in [-0.1, -0.05) is 38.0 Å². The number of carboxylic acid groups (broad SMARTS) is 1. The number of ether oxygens (including phenoxy) is 1. The highest BCUT2D eigenvalue weighted by atomic mass is 16.5. The summed E-state index contributed by atoms with van der Waals surface area (Å²) in [5.41, 5.74) is 0.800. The third-order valence-electron chi connectivity index (χ3n) is 2.94. The van der Waals surface area contributed by atoms with Crippen molar-refractivity contribution in [1.82, 2.24) is 0 Å². The molecule has 0 radical (unpaired) electrons. The van der Waals surface area contributed by atoms with Crippen LogP contribution in [0.4, 0.5) is 0 Å². The average molecular weight is 264 g/mol. The molecule has 0 saturated carbocycles. The number of aliphatic carboxylic acids is 1. The maximum atomic E-state index is 11.1. The number of hydrogen-bond acceptors (Lipinski definition) is 3. The van der Waals surface area contributed by atoms with Gasteiger partial charge in [-0.15, -0.1) is 0 Å². The first-order valence-electron chi connectivity index (χ1n) is 6.53. The summed E-state index contributed by atoms with van der Waals surface area (Å²) in [6, 6.07) is 7.15. The third-order valence-corrected chi connectivity index (χ3v) is 2.94. The Hall–Kier alpha value is -1.84. The van der Waals surface area contributed by atoms with Gasteiger partial charge in [-0.25, -0.2) is 0 Å². The van der Waals surface area contributed by atoms with Crippen LogP contribution in [0.25, 0.3) is 0 Å². The summed E-state index contributed by atoms with van der Waals surface area (Å²) in [5.74, 6) is -0.874. The second-order valence-electron chi connectivity index (χ2n) is 4.57. The topological polar surface area (TPSA) is 63.6 Å². The predicted molar refractivity (Wildman–Crippen MR) is 72.3 cm³/mol. The third kappa shape index (κ3) is 5.12. The summed E-state index contributed by atoms with van der Waals surface area (Å²) in [6.45, 7) is 3.41. The molecule has 0 amide bonds. The first-order valence-corrected chi connectivity index (χ1v) is 6.53. The molecule has 104 valence electrons. The molecule has 1 unspecified atom stereocenters. The Balaban J connectivity index is 2.98. The summed E-state index contributed by atoms with van der Waals surface area (Å²) >= 11 is 0. The number of esters is 1.